The Balaban J connectivity index is 0.00000162. The fraction of sp³-hybridized carbons (Fsp3) is 0.379. The minimum atomic E-state index is 0. The zero-order valence-corrected chi connectivity index (χ0v) is 21.4. The van der Waals surface area contributed by atoms with E-state index in [9.17, 15) is 0 Å². The van der Waals surface area contributed by atoms with E-state index < -0.39 is 0 Å². The van der Waals surface area contributed by atoms with Gasteiger partial charge in [-0.15, -0.1) is 24.8 Å². The lowest BCUT2D eigenvalue weighted by atomic mass is 9.67. The number of fused-ring (bicyclic) bond motifs is 1. The first-order valence-electron chi connectivity index (χ1n) is 12.0. The summed E-state index contributed by atoms with van der Waals surface area (Å²) in [4.78, 5) is 5.22. The van der Waals surface area contributed by atoms with Crippen molar-refractivity contribution in [2.45, 2.75) is 31.3 Å². The highest BCUT2D eigenvalue weighted by Crippen LogP contribution is 2.43. The molecule has 1 fully saturated rings. The Labute approximate surface area is 216 Å². The van der Waals surface area contributed by atoms with Crippen LogP contribution in [-0.4, -0.2) is 49.2 Å². The van der Waals surface area contributed by atoms with Crippen molar-refractivity contribution in [2.24, 2.45) is 0 Å². The highest BCUT2D eigenvalue weighted by molar-refractivity contribution is 5.85. The van der Waals surface area contributed by atoms with Crippen LogP contribution < -0.4 is 0 Å². The number of benzene rings is 3. The third-order valence-electron chi connectivity index (χ3n) is 7.18. The molecule has 2 aliphatic heterocycles. The Morgan fingerprint density at radius 3 is 2.12 bits per heavy atom. The molecule has 0 bridgehead atoms. The Kier molecular flexibility index (Phi) is 9.99. The summed E-state index contributed by atoms with van der Waals surface area (Å²) in [5.74, 6) is 0. The molecule has 1 unspecified atom stereocenters. The van der Waals surface area contributed by atoms with Crippen LogP contribution in [0.5, 0.6) is 0 Å². The smallest absolute Gasteiger partial charge is 0.0594 e. The minimum Gasteiger partial charge on any atom is -0.379 e. The average Bonchev–Trinajstić information content (AvgIpc) is 2.86. The second-order valence-corrected chi connectivity index (χ2v) is 9.29. The molecule has 5 rings (SSSR count). The van der Waals surface area contributed by atoms with Gasteiger partial charge in [0.25, 0.3) is 0 Å². The number of hydrogen-bond acceptors (Lipinski definition) is 3. The third-order valence-corrected chi connectivity index (χ3v) is 7.18. The molecule has 1 atom stereocenters. The quantitative estimate of drug-likeness (QED) is 0.400. The molecular formula is C29H36Cl2N2O. The van der Waals surface area contributed by atoms with Crippen LogP contribution in [0.1, 0.15) is 35.1 Å². The summed E-state index contributed by atoms with van der Waals surface area (Å²) in [6.07, 6.45) is 2.36. The zero-order chi connectivity index (χ0) is 21.6. The van der Waals surface area contributed by atoms with Crippen LogP contribution in [0.3, 0.4) is 0 Å². The topological polar surface area (TPSA) is 15.7 Å². The largest absolute Gasteiger partial charge is 0.379 e. The van der Waals surface area contributed by atoms with Gasteiger partial charge in [-0.25, -0.2) is 0 Å². The van der Waals surface area contributed by atoms with E-state index in [4.69, 9.17) is 4.74 Å². The normalized spacial score (nSPS) is 20.6. The SMILES string of the molecule is Cl.Cl.c1ccc(CN2Cc3ccccc3C(CCCN3CCOCC3)(c3ccccc3)C2)cc1. The van der Waals surface area contributed by atoms with Crippen molar-refractivity contribution in [2.75, 3.05) is 39.4 Å². The fourth-order valence-electron chi connectivity index (χ4n) is 5.63. The maximum atomic E-state index is 5.55. The van der Waals surface area contributed by atoms with Crippen molar-refractivity contribution in [1.82, 2.24) is 9.80 Å². The lowest BCUT2D eigenvalue weighted by Crippen LogP contribution is -2.46. The maximum Gasteiger partial charge on any atom is 0.0594 e. The number of nitrogens with zero attached hydrogens (tertiary/aromatic N) is 2. The van der Waals surface area contributed by atoms with Gasteiger partial charge in [-0.05, 0) is 41.6 Å². The standard InChI is InChI=1S/C29H34N2O.2ClH/c1-3-10-25(11-4-1)22-31-23-26-12-7-8-15-28(26)29(24-31,27-13-5-2-6-14-27)16-9-17-30-18-20-32-21-19-30;;/h1-8,10-15H,9,16-24H2;2*1H. The highest BCUT2D eigenvalue weighted by Gasteiger charge is 2.40. The van der Waals surface area contributed by atoms with Crippen LogP contribution in [-0.2, 0) is 23.2 Å². The van der Waals surface area contributed by atoms with Crippen molar-refractivity contribution in [3.8, 4) is 0 Å². The number of morpholine rings is 1. The van der Waals surface area contributed by atoms with Gasteiger partial charge < -0.3 is 4.74 Å². The van der Waals surface area contributed by atoms with Crippen molar-refractivity contribution in [3.63, 3.8) is 0 Å². The molecule has 0 aliphatic carbocycles. The van der Waals surface area contributed by atoms with E-state index in [-0.39, 0.29) is 30.2 Å². The van der Waals surface area contributed by atoms with Crippen LogP contribution >= 0.6 is 24.8 Å². The molecule has 0 spiro atoms. The summed E-state index contributed by atoms with van der Waals surface area (Å²) < 4.78 is 5.55. The first kappa shape index (κ1) is 26.7. The van der Waals surface area contributed by atoms with Gasteiger partial charge >= 0.3 is 0 Å². The minimum absolute atomic E-state index is 0. The van der Waals surface area contributed by atoms with Crippen LogP contribution in [0.25, 0.3) is 0 Å². The van der Waals surface area contributed by atoms with Gasteiger partial charge in [0.15, 0.2) is 0 Å². The van der Waals surface area contributed by atoms with Crippen LogP contribution in [0.15, 0.2) is 84.9 Å². The van der Waals surface area contributed by atoms with E-state index in [1.165, 1.54) is 28.7 Å². The zero-order valence-electron chi connectivity index (χ0n) is 19.8. The monoisotopic (exact) mass is 498 g/mol. The lowest BCUT2D eigenvalue weighted by Gasteiger charge is -2.45. The van der Waals surface area contributed by atoms with Gasteiger partial charge in [0, 0.05) is 38.1 Å². The summed E-state index contributed by atoms with van der Waals surface area (Å²) in [6.45, 7) is 8.10. The summed E-state index contributed by atoms with van der Waals surface area (Å²) in [6, 6.07) is 31.3. The molecule has 3 aromatic rings. The highest BCUT2D eigenvalue weighted by atomic mass is 35.5. The van der Waals surface area contributed by atoms with Gasteiger partial charge in [0.2, 0.25) is 0 Å². The van der Waals surface area contributed by atoms with E-state index in [1.807, 2.05) is 0 Å². The molecule has 34 heavy (non-hydrogen) atoms. The molecule has 0 saturated carbocycles. The second-order valence-electron chi connectivity index (χ2n) is 9.29. The Morgan fingerprint density at radius 2 is 1.38 bits per heavy atom. The fourth-order valence-corrected chi connectivity index (χ4v) is 5.63. The van der Waals surface area contributed by atoms with E-state index in [2.05, 4.69) is 94.7 Å². The molecule has 182 valence electrons. The van der Waals surface area contributed by atoms with Gasteiger partial charge in [0.05, 0.1) is 13.2 Å². The first-order valence-corrected chi connectivity index (χ1v) is 12.0. The lowest BCUT2D eigenvalue weighted by molar-refractivity contribution is 0.0361. The maximum absolute atomic E-state index is 5.55. The molecule has 3 nitrogen and oxygen atoms in total. The third kappa shape index (κ3) is 6.02. The number of rotatable bonds is 7. The van der Waals surface area contributed by atoms with Crippen LogP contribution in [0.4, 0.5) is 0 Å². The van der Waals surface area contributed by atoms with Gasteiger partial charge in [-0.2, -0.15) is 0 Å². The van der Waals surface area contributed by atoms with Gasteiger partial charge in [0.1, 0.15) is 0 Å². The number of hydrogen-bond donors (Lipinski definition) is 0. The molecule has 0 aromatic heterocycles. The predicted molar refractivity (Wildman–Crippen MR) is 145 cm³/mol. The molecule has 0 amide bonds. The van der Waals surface area contributed by atoms with Crippen molar-refractivity contribution < 1.29 is 4.74 Å². The predicted octanol–water partition coefficient (Wildman–Crippen LogP) is 5.94. The van der Waals surface area contributed by atoms with Crippen molar-refractivity contribution >= 4 is 24.8 Å². The molecule has 1 saturated heterocycles. The molecule has 5 heteroatoms. The van der Waals surface area contributed by atoms with Crippen molar-refractivity contribution in [1.29, 1.82) is 0 Å². The summed E-state index contributed by atoms with van der Waals surface area (Å²) in [5.41, 5.74) is 5.87. The Hall–Kier alpha value is -1.88. The second kappa shape index (κ2) is 12.7. The summed E-state index contributed by atoms with van der Waals surface area (Å²) >= 11 is 0. The Bertz CT molecular complexity index is 995. The van der Waals surface area contributed by atoms with Crippen molar-refractivity contribution in [3.05, 3.63) is 107 Å². The molecule has 2 aliphatic rings. The molecule has 0 N–H and O–H groups in total. The molecular weight excluding hydrogens is 463 g/mol. The van der Waals surface area contributed by atoms with E-state index in [0.717, 1.165) is 58.9 Å². The van der Waals surface area contributed by atoms with E-state index in [1.54, 1.807) is 0 Å². The van der Waals surface area contributed by atoms with E-state index in [0.29, 0.717) is 0 Å². The number of ether oxygens (including phenoxy) is 1. The molecule has 0 radical (unpaired) electrons. The van der Waals surface area contributed by atoms with E-state index >= 15 is 0 Å². The van der Waals surface area contributed by atoms with Gasteiger partial charge in [-0.1, -0.05) is 84.9 Å². The average molecular weight is 500 g/mol. The summed E-state index contributed by atoms with van der Waals surface area (Å²) in [5, 5.41) is 0. The molecule has 2 heterocycles. The van der Waals surface area contributed by atoms with Crippen LogP contribution in [0, 0.1) is 0 Å². The van der Waals surface area contributed by atoms with Crippen LogP contribution in [0.2, 0.25) is 0 Å². The first-order chi connectivity index (χ1) is 15.8. The molecule has 3 aromatic carbocycles. The summed E-state index contributed by atoms with van der Waals surface area (Å²) in [7, 11) is 0. The number of halogens is 2. The van der Waals surface area contributed by atoms with Gasteiger partial charge in [-0.3, -0.25) is 9.80 Å². The Morgan fingerprint density at radius 1 is 0.735 bits per heavy atom.